The van der Waals surface area contributed by atoms with Crippen molar-refractivity contribution in [1.82, 2.24) is 0 Å². The average Bonchev–Trinajstić information content (AvgIpc) is 2.45. The van der Waals surface area contributed by atoms with E-state index in [-0.39, 0.29) is 6.61 Å². The lowest BCUT2D eigenvalue weighted by atomic mass is 10.1. The summed E-state index contributed by atoms with van der Waals surface area (Å²) < 4.78 is 0. The molecule has 2 nitrogen and oxygen atoms in total. The largest absolute Gasteiger partial charge is 0.396 e. The first-order valence-electron chi connectivity index (χ1n) is 5.18. The molecular formula is C12H17NO. The van der Waals surface area contributed by atoms with Gasteiger partial charge in [0.1, 0.15) is 0 Å². The molecule has 0 aromatic heterocycles. The quantitative estimate of drug-likeness (QED) is 0.767. The third-order valence-corrected chi connectivity index (χ3v) is 3.11. The van der Waals surface area contributed by atoms with Crippen LogP contribution >= 0.6 is 0 Å². The Kier molecular flexibility index (Phi) is 2.46. The van der Waals surface area contributed by atoms with E-state index in [1.54, 1.807) is 0 Å². The lowest BCUT2D eigenvalue weighted by molar-refractivity contribution is 0.299. The van der Waals surface area contributed by atoms with Gasteiger partial charge in [-0.15, -0.1) is 0 Å². The standard InChI is InChI=1S/C12H17NO/c1-9-7-11-4-3-10(5-6-14)8-12(11)13(9)2/h3-4,8-9,14H,5-7H2,1-2H3. The van der Waals surface area contributed by atoms with Crippen LogP contribution in [-0.2, 0) is 12.8 Å². The van der Waals surface area contributed by atoms with Crippen molar-refractivity contribution < 1.29 is 5.11 Å². The Labute approximate surface area is 85.2 Å². The van der Waals surface area contributed by atoms with Gasteiger partial charge >= 0.3 is 0 Å². The minimum absolute atomic E-state index is 0.234. The number of likely N-dealkylation sites (N-methyl/N-ethyl adjacent to an activating group) is 1. The van der Waals surface area contributed by atoms with Gasteiger partial charge in [-0.25, -0.2) is 0 Å². The number of nitrogens with zero attached hydrogens (tertiary/aromatic N) is 1. The van der Waals surface area contributed by atoms with Crippen molar-refractivity contribution in [3.05, 3.63) is 29.3 Å². The van der Waals surface area contributed by atoms with Crippen molar-refractivity contribution in [2.24, 2.45) is 0 Å². The van der Waals surface area contributed by atoms with Gasteiger partial charge in [0.05, 0.1) is 0 Å². The molecule has 0 saturated carbocycles. The van der Waals surface area contributed by atoms with E-state index in [1.165, 1.54) is 16.8 Å². The van der Waals surface area contributed by atoms with Crippen LogP contribution in [0.2, 0.25) is 0 Å². The maximum Gasteiger partial charge on any atom is 0.0471 e. The molecule has 1 aliphatic heterocycles. The number of benzene rings is 1. The Balaban J connectivity index is 2.31. The molecule has 1 aromatic carbocycles. The number of rotatable bonds is 2. The van der Waals surface area contributed by atoms with Gasteiger partial charge < -0.3 is 10.0 Å². The Morgan fingerprint density at radius 3 is 3.00 bits per heavy atom. The highest BCUT2D eigenvalue weighted by Gasteiger charge is 2.22. The second-order valence-electron chi connectivity index (χ2n) is 4.10. The second kappa shape index (κ2) is 3.62. The molecule has 0 bridgehead atoms. The van der Waals surface area contributed by atoms with Crippen LogP contribution in [0.1, 0.15) is 18.1 Å². The number of aliphatic hydroxyl groups is 1. The van der Waals surface area contributed by atoms with Crippen molar-refractivity contribution in [2.75, 3.05) is 18.6 Å². The Morgan fingerprint density at radius 1 is 1.50 bits per heavy atom. The summed E-state index contributed by atoms with van der Waals surface area (Å²) >= 11 is 0. The van der Waals surface area contributed by atoms with Crippen LogP contribution in [0.15, 0.2) is 18.2 Å². The van der Waals surface area contributed by atoms with Crippen LogP contribution in [0, 0.1) is 0 Å². The highest BCUT2D eigenvalue weighted by Crippen LogP contribution is 2.31. The molecule has 0 amide bonds. The van der Waals surface area contributed by atoms with E-state index < -0.39 is 0 Å². The highest BCUT2D eigenvalue weighted by atomic mass is 16.2. The summed E-state index contributed by atoms with van der Waals surface area (Å²) in [5, 5.41) is 8.87. The summed E-state index contributed by atoms with van der Waals surface area (Å²) in [5.41, 5.74) is 4.00. The molecule has 0 aliphatic carbocycles. The van der Waals surface area contributed by atoms with Crippen LogP contribution in [0.5, 0.6) is 0 Å². The predicted molar refractivity (Wildman–Crippen MR) is 58.8 cm³/mol. The van der Waals surface area contributed by atoms with Crippen molar-refractivity contribution in [3.63, 3.8) is 0 Å². The van der Waals surface area contributed by atoms with E-state index >= 15 is 0 Å². The Bertz CT molecular complexity index is 335. The van der Waals surface area contributed by atoms with Crippen molar-refractivity contribution >= 4 is 5.69 Å². The van der Waals surface area contributed by atoms with Crippen LogP contribution in [-0.4, -0.2) is 24.8 Å². The van der Waals surface area contributed by atoms with E-state index in [2.05, 4.69) is 37.1 Å². The summed E-state index contributed by atoms with van der Waals surface area (Å²) in [5.74, 6) is 0. The zero-order chi connectivity index (χ0) is 10.1. The molecule has 0 saturated heterocycles. The highest BCUT2D eigenvalue weighted by molar-refractivity contribution is 5.60. The van der Waals surface area contributed by atoms with E-state index in [4.69, 9.17) is 5.11 Å². The van der Waals surface area contributed by atoms with E-state index in [9.17, 15) is 0 Å². The number of aliphatic hydroxyl groups excluding tert-OH is 1. The van der Waals surface area contributed by atoms with Crippen molar-refractivity contribution in [2.45, 2.75) is 25.8 Å². The zero-order valence-corrected chi connectivity index (χ0v) is 8.83. The normalized spacial score (nSPS) is 19.9. The van der Waals surface area contributed by atoms with E-state index in [1.807, 2.05) is 0 Å². The molecule has 1 unspecified atom stereocenters. The van der Waals surface area contributed by atoms with Crippen LogP contribution in [0.4, 0.5) is 5.69 Å². The van der Waals surface area contributed by atoms with E-state index in [0.717, 1.165) is 12.8 Å². The molecule has 1 aromatic rings. The average molecular weight is 191 g/mol. The molecule has 0 fully saturated rings. The number of fused-ring (bicyclic) bond motifs is 1. The molecular weight excluding hydrogens is 174 g/mol. The second-order valence-corrected chi connectivity index (χ2v) is 4.10. The van der Waals surface area contributed by atoms with Crippen molar-refractivity contribution in [3.8, 4) is 0 Å². The first-order valence-corrected chi connectivity index (χ1v) is 5.18. The Hall–Kier alpha value is -1.02. The molecule has 76 valence electrons. The molecule has 1 N–H and O–H groups in total. The topological polar surface area (TPSA) is 23.5 Å². The van der Waals surface area contributed by atoms with Gasteiger partial charge in [-0.3, -0.25) is 0 Å². The molecule has 2 heteroatoms. The molecule has 2 rings (SSSR count). The summed E-state index contributed by atoms with van der Waals surface area (Å²) in [7, 11) is 2.14. The fourth-order valence-corrected chi connectivity index (χ4v) is 2.09. The summed E-state index contributed by atoms with van der Waals surface area (Å²) in [6, 6.07) is 7.13. The minimum atomic E-state index is 0.234. The first-order chi connectivity index (χ1) is 6.72. The van der Waals surface area contributed by atoms with Gasteiger partial charge in [0, 0.05) is 25.4 Å². The monoisotopic (exact) mass is 191 g/mol. The minimum Gasteiger partial charge on any atom is -0.396 e. The number of anilines is 1. The van der Waals surface area contributed by atoms with Gasteiger partial charge in [0.25, 0.3) is 0 Å². The van der Waals surface area contributed by atoms with Gasteiger partial charge in [-0.2, -0.15) is 0 Å². The molecule has 0 spiro atoms. The van der Waals surface area contributed by atoms with Gasteiger partial charge in [-0.05, 0) is 37.0 Å². The van der Waals surface area contributed by atoms with Crippen LogP contribution < -0.4 is 4.90 Å². The van der Waals surface area contributed by atoms with Crippen molar-refractivity contribution in [1.29, 1.82) is 0 Å². The molecule has 1 heterocycles. The third-order valence-electron chi connectivity index (χ3n) is 3.11. The summed E-state index contributed by atoms with van der Waals surface area (Å²) in [6.07, 6.45) is 1.90. The van der Waals surface area contributed by atoms with Gasteiger partial charge in [-0.1, -0.05) is 12.1 Å². The number of hydrogen-bond acceptors (Lipinski definition) is 2. The van der Waals surface area contributed by atoms with Crippen LogP contribution in [0.25, 0.3) is 0 Å². The smallest absolute Gasteiger partial charge is 0.0471 e. The summed E-state index contributed by atoms with van der Waals surface area (Å²) in [4.78, 5) is 2.32. The maximum absolute atomic E-state index is 8.87. The summed E-state index contributed by atoms with van der Waals surface area (Å²) in [6.45, 7) is 2.48. The fourth-order valence-electron chi connectivity index (χ4n) is 2.09. The maximum atomic E-state index is 8.87. The lowest BCUT2D eigenvalue weighted by Gasteiger charge is -2.18. The van der Waals surface area contributed by atoms with Gasteiger partial charge in [0.15, 0.2) is 0 Å². The third kappa shape index (κ3) is 1.50. The Morgan fingerprint density at radius 2 is 2.29 bits per heavy atom. The lowest BCUT2D eigenvalue weighted by Crippen LogP contribution is -2.23. The molecule has 1 aliphatic rings. The van der Waals surface area contributed by atoms with Crippen LogP contribution in [0.3, 0.4) is 0 Å². The SMILES string of the molecule is CC1Cc2ccc(CCO)cc2N1C. The van der Waals surface area contributed by atoms with E-state index in [0.29, 0.717) is 6.04 Å². The van der Waals surface area contributed by atoms with Gasteiger partial charge in [0.2, 0.25) is 0 Å². The number of hydrogen-bond donors (Lipinski definition) is 1. The predicted octanol–water partition coefficient (Wildman–Crippen LogP) is 1.60. The molecule has 14 heavy (non-hydrogen) atoms. The molecule has 1 atom stereocenters. The molecule has 0 radical (unpaired) electrons. The zero-order valence-electron chi connectivity index (χ0n) is 8.83. The first kappa shape index (κ1) is 9.53. The fraction of sp³-hybridized carbons (Fsp3) is 0.500.